The largest absolute Gasteiger partial charge is 0.490 e. The van der Waals surface area contributed by atoms with Crippen LogP contribution in [0.25, 0.3) is 0 Å². The van der Waals surface area contributed by atoms with Gasteiger partial charge in [-0.3, -0.25) is 0 Å². The van der Waals surface area contributed by atoms with Crippen LogP contribution < -0.4 is 10.5 Å². The van der Waals surface area contributed by atoms with Crippen LogP contribution in [0.2, 0.25) is 0 Å². The predicted octanol–water partition coefficient (Wildman–Crippen LogP) is 3.65. The molecule has 0 bridgehead atoms. The van der Waals surface area contributed by atoms with Crippen molar-refractivity contribution in [3.05, 3.63) is 28.2 Å². The van der Waals surface area contributed by atoms with Gasteiger partial charge < -0.3 is 15.7 Å². The number of rotatable bonds is 3. The maximum absolute atomic E-state index is 8.85. The van der Waals surface area contributed by atoms with Crippen molar-refractivity contribution in [2.75, 3.05) is 0 Å². The van der Waals surface area contributed by atoms with E-state index in [0.29, 0.717) is 11.3 Å². The van der Waals surface area contributed by atoms with Gasteiger partial charge >= 0.3 is 0 Å². The van der Waals surface area contributed by atoms with Crippen molar-refractivity contribution in [1.29, 1.82) is 0 Å². The lowest BCUT2D eigenvalue weighted by atomic mass is 10.1. The summed E-state index contributed by atoms with van der Waals surface area (Å²) in [5.74, 6) is 0.760. The topological polar surface area (TPSA) is 67.8 Å². The van der Waals surface area contributed by atoms with E-state index in [-0.39, 0.29) is 11.9 Å². The molecular formula is C14H19BrN2O2. The molecule has 1 saturated carbocycles. The van der Waals surface area contributed by atoms with E-state index >= 15 is 0 Å². The number of benzene rings is 1. The molecule has 1 aromatic rings. The number of halogens is 1. The molecule has 0 radical (unpaired) electrons. The first-order chi connectivity index (χ1) is 9.20. The van der Waals surface area contributed by atoms with E-state index in [1.54, 1.807) is 6.07 Å². The Bertz CT molecular complexity index is 455. The van der Waals surface area contributed by atoms with Crippen molar-refractivity contribution < 1.29 is 9.94 Å². The minimum Gasteiger partial charge on any atom is -0.490 e. The van der Waals surface area contributed by atoms with Gasteiger partial charge in [0.2, 0.25) is 0 Å². The lowest BCUT2D eigenvalue weighted by Gasteiger charge is -2.19. The third-order valence-corrected chi connectivity index (χ3v) is 3.91. The maximum atomic E-state index is 8.85. The van der Waals surface area contributed by atoms with Crippen molar-refractivity contribution in [3.63, 3.8) is 0 Å². The number of nitrogens with zero attached hydrogens (tertiary/aromatic N) is 1. The van der Waals surface area contributed by atoms with Gasteiger partial charge in [0.15, 0.2) is 5.84 Å². The first-order valence-electron chi connectivity index (χ1n) is 6.65. The normalized spacial score (nSPS) is 18.1. The molecular weight excluding hydrogens is 308 g/mol. The monoisotopic (exact) mass is 326 g/mol. The van der Waals surface area contributed by atoms with Gasteiger partial charge in [-0.2, -0.15) is 0 Å². The molecule has 5 heteroatoms. The molecule has 0 unspecified atom stereocenters. The summed E-state index contributed by atoms with van der Waals surface area (Å²) in [4.78, 5) is 0. The number of oxime groups is 1. The highest BCUT2D eigenvalue weighted by molar-refractivity contribution is 9.10. The van der Waals surface area contributed by atoms with Crippen LogP contribution in [0.15, 0.2) is 27.8 Å². The van der Waals surface area contributed by atoms with Crippen molar-refractivity contribution in [3.8, 4) is 5.75 Å². The van der Waals surface area contributed by atoms with E-state index in [1.165, 1.54) is 25.7 Å². The molecule has 0 aromatic heterocycles. The maximum Gasteiger partial charge on any atom is 0.173 e. The summed E-state index contributed by atoms with van der Waals surface area (Å²) in [6.07, 6.45) is 7.37. The highest BCUT2D eigenvalue weighted by Crippen LogP contribution is 2.27. The minimum atomic E-state index is 0.0740. The highest BCUT2D eigenvalue weighted by Gasteiger charge is 2.17. The van der Waals surface area contributed by atoms with Crippen LogP contribution in [-0.4, -0.2) is 17.1 Å². The lowest BCUT2D eigenvalue weighted by Crippen LogP contribution is -2.20. The molecule has 4 nitrogen and oxygen atoms in total. The Hall–Kier alpha value is -1.23. The van der Waals surface area contributed by atoms with E-state index in [2.05, 4.69) is 21.1 Å². The Morgan fingerprint density at radius 2 is 1.95 bits per heavy atom. The Morgan fingerprint density at radius 3 is 2.58 bits per heavy atom. The van der Waals surface area contributed by atoms with Crippen LogP contribution in [0.3, 0.4) is 0 Å². The second-order valence-corrected chi connectivity index (χ2v) is 5.77. The quantitative estimate of drug-likeness (QED) is 0.293. The summed E-state index contributed by atoms with van der Waals surface area (Å²) < 4.78 is 6.93. The fraction of sp³-hybridized carbons (Fsp3) is 0.500. The molecule has 104 valence electrons. The third-order valence-electron chi connectivity index (χ3n) is 3.42. The minimum absolute atomic E-state index is 0.0740. The second-order valence-electron chi connectivity index (χ2n) is 4.86. The van der Waals surface area contributed by atoms with Gasteiger partial charge in [-0.1, -0.05) is 33.9 Å². The summed E-state index contributed by atoms with van der Waals surface area (Å²) >= 11 is 3.38. The summed E-state index contributed by atoms with van der Waals surface area (Å²) in [6.45, 7) is 0. The van der Waals surface area contributed by atoms with Crippen LogP contribution in [0.5, 0.6) is 5.75 Å². The zero-order valence-electron chi connectivity index (χ0n) is 10.8. The van der Waals surface area contributed by atoms with Gasteiger partial charge in [-0.05, 0) is 43.9 Å². The van der Waals surface area contributed by atoms with Gasteiger partial charge in [0.1, 0.15) is 5.75 Å². The average molecular weight is 327 g/mol. The first kappa shape index (κ1) is 14.2. The van der Waals surface area contributed by atoms with Crippen LogP contribution in [0.1, 0.15) is 44.1 Å². The Morgan fingerprint density at radius 1 is 1.26 bits per heavy atom. The molecule has 19 heavy (non-hydrogen) atoms. The first-order valence-corrected chi connectivity index (χ1v) is 7.44. The summed E-state index contributed by atoms with van der Waals surface area (Å²) in [7, 11) is 0. The Balaban J connectivity index is 2.18. The number of hydrogen-bond donors (Lipinski definition) is 2. The van der Waals surface area contributed by atoms with Gasteiger partial charge in [-0.15, -0.1) is 0 Å². The number of nitrogens with two attached hydrogens (primary N) is 1. The van der Waals surface area contributed by atoms with Crippen LogP contribution in [-0.2, 0) is 0 Å². The summed E-state index contributed by atoms with van der Waals surface area (Å²) in [5, 5.41) is 11.9. The number of ether oxygens (including phenoxy) is 1. The van der Waals surface area contributed by atoms with Crippen molar-refractivity contribution in [2.24, 2.45) is 10.9 Å². The SMILES string of the molecule is N/C(=N/O)c1cc(Br)ccc1OC1CCCCCC1. The molecule has 0 saturated heterocycles. The molecule has 1 aliphatic rings. The molecule has 0 atom stereocenters. The van der Waals surface area contributed by atoms with E-state index in [0.717, 1.165) is 17.3 Å². The molecule has 0 spiro atoms. The lowest BCUT2D eigenvalue weighted by molar-refractivity contribution is 0.183. The zero-order chi connectivity index (χ0) is 13.7. The zero-order valence-corrected chi connectivity index (χ0v) is 12.4. The van der Waals surface area contributed by atoms with Gasteiger partial charge in [-0.25, -0.2) is 0 Å². The summed E-state index contributed by atoms with van der Waals surface area (Å²) in [6, 6.07) is 5.57. The standard InChI is InChI=1S/C14H19BrN2O2/c15-10-7-8-13(12(9-10)14(16)17-18)19-11-5-3-1-2-4-6-11/h7-9,11,18H,1-6H2,(H2,16,17). The Labute approximate surface area is 121 Å². The van der Waals surface area contributed by atoms with Crippen molar-refractivity contribution in [2.45, 2.75) is 44.6 Å². The number of hydrogen-bond acceptors (Lipinski definition) is 3. The average Bonchev–Trinajstić information content (AvgIpc) is 2.68. The van der Waals surface area contributed by atoms with E-state index in [1.807, 2.05) is 12.1 Å². The van der Waals surface area contributed by atoms with Crippen LogP contribution >= 0.6 is 15.9 Å². The molecule has 1 aromatic carbocycles. The van der Waals surface area contributed by atoms with E-state index in [4.69, 9.17) is 15.7 Å². The van der Waals surface area contributed by atoms with Crippen molar-refractivity contribution >= 4 is 21.8 Å². The molecule has 0 aliphatic heterocycles. The molecule has 2 rings (SSSR count). The smallest absolute Gasteiger partial charge is 0.173 e. The van der Waals surface area contributed by atoms with Crippen LogP contribution in [0.4, 0.5) is 0 Å². The number of amidine groups is 1. The van der Waals surface area contributed by atoms with E-state index < -0.39 is 0 Å². The Kier molecular flexibility index (Phi) is 5.07. The fourth-order valence-electron chi connectivity index (χ4n) is 2.40. The van der Waals surface area contributed by atoms with Crippen molar-refractivity contribution in [1.82, 2.24) is 0 Å². The van der Waals surface area contributed by atoms with Crippen LogP contribution in [0, 0.1) is 0 Å². The molecule has 1 aliphatic carbocycles. The van der Waals surface area contributed by atoms with Gasteiger partial charge in [0.25, 0.3) is 0 Å². The predicted molar refractivity (Wildman–Crippen MR) is 78.8 cm³/mol. The highest BCUT2D eigenvalue weighted by atomic mass is 79.9. The second kappa shape index (κ2) is 6.80. The molecule has 3 N–H and O–H groups in total. The third kappa shape index (κ3) is 3.86. The van der Waals surface area contributed by atoms with Gasteiger partial charge in [0, 0.05) is 4.47 Å². The van der Waals surface area contributed by atoms with Gasteiger partial charge in [0.05, 0.1) is 11.7 Å². The molecule has 0 amide bonds. The summed E-state index contributed by atoms with van der Waals surface area (Å²) in [5.41, 5.74) is 6.33. The molecule has 0 heterocycles. The molecule has 1 fully saturated rings. The van der Waals surface area contributed by atoms with E-state index in [9.17, 15) is 0 Å². The fourth-order valence-corrected chi connectivity index (χ4v) is 2.76.